The van der Waals surface area contributed by atoms with Gasteiger partial charge in [-0.1, -0.05) is 6.07 Å². The summed E-state index contributed by atoms with van der Waals surface area (Å²) in [5.74, 6) is 1.33. The first kappa shape index (κ1) is 18.2. The van der Waals surface area contributed by atoms with E-state index in [1.54, 1.807) is 16.2 Å². The number of nitrogens with zero attached hydrogens (tertiary/aromatic N) is 3. The Morgan fingerprint density at radius 3 is 2.70 bits per heavy atom. The van der Waals surface area contributed by atoms with Crippen LogP contribution in [0.3, 0.4) is 0 Å². The zero-order valence-electron chi connectivity index (χ0n) is 15.3. The predicted molar refractivity (Wildman–Crippen MR) is 100 cm³/mol. The molecule has 0 aromatic carbocycles. The third-order valence-electron chi connectivity index (χ3n) is 5.09. The van der Waals surface area contributed by atoms with Crippen molar-refractivity contribution in [2.24, 2.45) is 0 Å². The molecule has 4 rings (SSSR count). The van der Waals surface area contributed by atoms with Gasteiger partial charge in [-0.3, -0.25) is 9.59 Å². The zero-order valence-corrected chi connectivity index (χ0v) is 16.2. The highest BCUT2D eigenvalue weighted by atomic mass is 32.1. The first-order valence-corrected chi connectivity index (χ1v) is 10.2. The molecule has 2 aliphatic rings. The summed E-state index contributed by atoms with van der Waals surface area (Å²) in [4.78, 5) is 34.1. The Balaban J connectivity index is 1.33. The number of ether oxygens (including phenoxy) is 1. The van der Waals surface area contributed by atoms with E-state index in [-0.39, 0.29) is 24.3 Å². The summed E-state index contributed by atoms with van der Waals surface area (Å²) < 4.78 is 11.2. The van der Waals surface area contributed by atoms with Crippen molar-refractivity contribution in [3.8, 4) is 10.8 Å². The minimum Gasteiger partial charge on any atom is -0.440 e. The average Bonchev–Trinajstić information content (AvgIpc) is 3.44. The van der Waals surface area contributed by atoms with E-state index in [4.69, 9.17) is 9.15 Å². The third-order valence-corrected chi connectivity index (χ3v) is 5.95. The lowest BCUT2D eigenvalue weighted by Crippen LogP contribution is -2.53. The summed E-state index contributed by atoms with van der Waals surface area (Å²) in [6.07, 6.45) is 1.68. The zero-order chi connectivity index (χ0) is 18.8. The minimum atomic E-state index is -0.291. The smallest absolute Gasteiger partial charge is 0.251 e. The van der Waals surface area contributed by atoms with Crippen molar-refractivity contribution in [2.45, 2.75) is 32.3 Å². The van der Waals surface area contributed by atoms with Gasteiger partial charge in [0.15, 0.2) is 0 Å². The maximum absolute atomic E-state index is 12.7. The SMILES string of the molecule is Cc1oc(-c2cccs2)nc1CC(=O)N1CCN(C(=O)C2CCCO2)CC1. The number of hydrogen-bond acceptors (Lipinski definition) is 6. The van der Waals surface area contributed by atoms with Crippen molar-refractivity contribution in [3.05, 3.63) is 29.0 Å². The molecule has 144 valence electrons. The van der Waals surface area contributed by atoms with Gasteiger partial charge in [-0.2, -0.15) is 0 Å². The fraction of sp³-hybridized carbons (Fsp3) is 0.526. The van der Waals surface area contributed by atoms with Crippen LogP contribution < -0.4 is 0 Å². The van der Waals surface area contributed by atoms with Gasteiger partial charge in [0.05, 0.1) is 17.0 Å². The number of carbonyl (C=O) groups excluding carboxylic acids is 2. The topological polar surface area (TPSA) is 75.9 Å². The Bertz CT molecular complexity index is 803. The maximum atomic E-state index is 12.7. The maximum Gasteiger partial charge on any atom is 0.251 e. The Labute approximate surface area is 161 Å². The number of thiophene rings is 1. The Morgan fingerprint density at radius 1 is 1.26 bits per heavy atom. The van der Waals surface area contributed by atoms with E-state index in [9.17, 15) is 9.59 Å². The van der Waals surface area contributed by atoms with Gasteiger partial charge in [0, 0.05) is 32.8 Å². The second-order valence-electron chi connectivity index (χ2n) is 6.88. The molecular weight excluding hydrogens is 366 g/mol. The van der Waals surface area contributed by atoms with Crippen LogP contribution in [0.4, 0.5) is 0 Å². The average molecular weight is 389 g/mol. The highest BCUT2D eigenvalue weighted by Gasteiger charge is 2.31. The number of amides is 2. The lowest BCUT2D eigenvalue weighted by Gasteiger charge is -2.35. The van der Waals surface area contributed by atoms with E-state index in [0.29, 0.717) is 50.1 Å². The lowest BCUT2D eigenvalue weighted by atomic mass is 10.2. The molecule has 0 bridgehead atoms. The summed E-state index contributed by atoms with van der Waals surface area (Å²) in [5, 5.41) is 1.97. The van der Waals surface area contributed by atoms with Crippen molar-refractivity contribution < 1.29 is 18.7 Å². The highest BCUT2D eigenvalue weighted by molar-refractivity contribution is 7.13. The first-order chi connectivity index (χ1) is 13.1. The van der Waals surface area contributed by atoms with Crippen LogP contribution in [-0.4, -0.2) is 65.5 Å². The van der Waals surface area contributed by atoms with Gasteiger partial charge in [0.2, 0.25) is 11.8 Å². The molecule has 0 spiro atoms. The molecule has 0 saturated carbocycles. The van der Waals surface area contributed by atoms with E-state index < -0.39 is 0 Å². The number of carbonyl (C=O) groups is 2. The van der Waals surface area contributed by atoms with Crippen LogP contribution in [0.1, 0.15) is 24.3 Å². The van der Waals surface area contributed by atoms with E-state index >= 15 is 0 Å². The summed E-state index contributed by atoms with van der Waals surface area (Å²) >= 11 is 1.56. The van der Waals surface area contributed by atoms with E-state index in [0.717, 1.165) is 17.7 Å². The molecule has 2 aromatic rings. The number of aryl methyl sites for hydroxylation is 1. The molecule has 8 heteroatoms. The molecule has 0 aliphatic carbocycles. The quantitative estimate of drug-likeness (QED) is 0.801. The normalized spacial score (nSPS) is 20.3. The van der Waals surface area contributed by atoms with Gasteiger partial charge in [-0.25, -0.2) is 4.98 Å². The van der Waals surface area contributed by atoms with Crippen molar-refractivity contribution in [1.29, 1.82) is 0 Å². The molecule has 27 heavy (non-hydrogen) atoms. The van der Waals surface area contributed by atoms with Gasteiger partial charge >= 0.3 is 0 Å². The van der Waals surface area contributed by atoms with Crippen molar-refractivity contribution >= 4 is 23.2 Å². The monoisotopic (exact) mass is 389 g/mol. The molecule has 2 amide bonds. The van der Waals surface area contributed by atoms with Crippen LogP contribution in [-0.2, 0) is 20.7 Å². The fourth-order valence-corrected chi connectivity index (χ4v) is 4.15. The predicted octanol–water partition coefficient (Wildman–Crippen LogP) is 2.10. The molecule has 2 aromatic heterocycles. The fourth-order valence-electron chi connectivity index (χ4n) is 3.51. The van der Waals surface area contributed by atoms with Crippen LogP contribution in [0.25, 0.3) is 10.8 Å². The second-order valence-corrected chi connectivity index (χ2v) is 7.83. The third kappa shape index (κ3) is 3.91. The molecule has 2 saturated heterocycles. The molecule has 2 fully saturated rings. The lowest BCUT2D eigenvalue weighted by molar-refractivity contribution is -0.145. The van der Waals surface area contributed by atoms with E-state index in [2.05, 4.69) is 4.98 Å². The number of oxazole rings is 1. The molecule has 4 heterocycles. The summed E-state index contributed by atoms with van der Waals surface area (Å²) in [5.41, 5.74) is 0.682. The van der Waals surface area contributed by atoms with E-state index in [1.165, 1.54) is 0 Å². The van der Waals surface area contributed by atoms with Gasteiger partial charge in [0.25, 0.3) is 5.91 Å². The highest BCUT2D eigenvalue weighted by Crippen LogP contribution is 2.26. The summed E-state index contributed by atoms with van der Waals surface area (Å²) in [6.45, 7) is 4.72. The summed E-state index contributed by atoms with van der Waals surface area (Å²) in [7, 11) is 0. The standard InChI is InChI=1S/C19H23N3O4S/c1-13-14(20-18(26-13)16-5-3-11-27-16)12-17(23)21-6-8-22(9-7-21)19(24)15-4-2-10-25-15/h3,5,11,15H,2,4,6-10,12H2,1H3. The Kier molecular flexibility index (Phi) is 5.27. The number of aromatic nitrogens is 1. The molecule has 1 unspecified atom stereocenters. The van der Waals surface area contributed by atoms with Gasteiger partial charge < -0.3 is 19.0 Å². The second kappa shape index (κ2) is 7.82. The van der Waals surface area contributed by atoms with Crippen molar-refractivity contribution in [3.63, 3.8) is 0 Å². The molecule has 2 aliphatic heterocycles. The van der Waals surface area contributed by atoms with Crippen LogP contribution in [0, 0.1) is 6.92 Å². The number of hydrogen-bond donors (Lipinski definition) is 0. The number of piperazine rings is 1. The van der Waals surface area contributed by atoms with Crippen LogP contribution in [0.15, 0.2) is 21.9 Å². The largest absolute Gasteiger partial charge is 0.440 e. The van der Waals surface area contributed by atoms with Gasteiger partial charge in [-0.15, -0.1) is 11.3 Å². The van der Waals surface area contributed by atoms with Gasteiger partial charge in [-0.05, 0) is 31.2 Å². The van der Waals surface area contributed by atoms with Crippen LogP contribution in [0.2, 0.25) is 0 Å². The van der Waals surface area contributed by atoms with Gasteiger partial charge in [0.1, 0.15) is 11.9 Å². The van der Waals surface area contributed by atoms with Crippen molar-refractivity contribution in [1.82, 2.24) is 14.8 Å². The minimum absolute atomic E-state index is 0.0216. The van der Waals surface area contributed by atoms with Crippen LogP contribution in [0.5, 0.6) is 0 Å². The molecular formula is C19H23N3O4S. The molecule has 0 N–H and O–H groups in total. The molecule has 1 atom stereocenters. The van der Waals surface area contributed by atoms with E-state index in [1.807, 2.05) is 29.3 Å². The van der Waals surface area contributed by atoms with Crippen molar-refractivity contribution in [2.75, 3.05) is 32.8 Å². The first-order valence-electron chi connectivity index (χ1n) is 9.30. The molecule has 7 nitrogen and oxygen atoms in total. The number of rotatable bonds is 4. The Hall–Kier alpha value is -2.19. The Morgan fingerprint density at radius 2 is 2.04 bits per heavy atom. The van der Waals surface area contributed by atoms with Crippen LogP contribution >= 0.6 is 11.3 Å². The summed E-state index contributed by atoms with van der Waals surface area (Å²) in [6, 6.07) is 3.90. The molecule has 0 radical (unpaired) electrons.